The summed E-state index contributed by atoms with van der Waals surface area (Å²) in [5, 5.41) is 0. The number of hydrogen-bond acceptors (Lipinski definition) is 0. The fraction of sp³-hybridized carbons (Fsp3) is 1.00. The topological polar surface area (TPSA) is 0 Å². The summed E-state index contributed by atoms with van der Waals surface area (Å²) in [7, 11) is 0. The summed E-state index contributed by atoms with van der Waals surface area (Å²) in [6, 6.07) is 0. The Bertz CT molecular complexity index is 216. The predicted octanol–water partition coefficient (Wildman–Crippen LogP) is 4.10. The van der Waals surface area contributed by atoms with E-state index in [0.717, 1.165) is 17.8 Å². The van der Waals surface area contributed by atoms with Gasteiger partial charge in [-0.05, 0) is 41.4 Å². The van der Waals surface area contributed by atoms with E-state index >= 15 is 0 Å². The van der Waals surface area contributed by atoms with Crippen molar-refractivity contribution < 1.29 is 0 Å². The Labute approximate surface area is 83.1 Å². The van der Waals surface area contributed by atoms with Crippen LogP contribution in [-0.4, -0.2) is 0 Å². The quantitative estimate of drug-likeness (QED) is 0.570. The van der Waals surface area contributed by atoms with Crippen LogP contribution in [0.15, 0.2) is 0 Å². The van der Waals surface area contributed by atoms with Gasteiger partial charge in [0.1, 0.15) is 0 Å². The standard InChI is InChI=1S/C13H24/c1-6-10-9(2)11-7-13(10,5)8-12(11,3)4/h9-11H,6-8H2,1-5H3. The summed E-state index contributed by atoms with van der Waals surface area (Å²) in [4.78, 5) is 0. The molecular weight excluding hydrogens is 156 g/mol. The highest BCUT2D eigenvalue weighted by Crippen LogP contribution is 2.67. The van der Waals surface area contributed by atoms with Gasteiger partial charge in [0.2, 0.25) is 0 Å². The first-order chi connectivity index (χ1) is 5.91. The first-order valence-electron chi connectivity index (χ1n) is 5.91. The third-order valence-corrected chi connectivity index (χ3v) is 5.15. The van der Waals surface area contributed by atoms with E-state index in [0.29, 0.717) is 10.8 Å². The van der Waals surface area contributed by atoms with Crippen molar-refractivity contribution in [2.24, 2.45) is 28.6 Å². The van der Waals surface area contributed by atoms with Gasteiger partial charge in [0.15, 0.2) is 0 Å². The Kier molecular flexibility index (Phi) is 1.85. The normalized spacial score (nSPS) is 52.8. The molecule has 2 fully saturated rings. The molecule has 4 atom stereocenters. The average molecular weight is 180 g/mol. The van der Waals surface area contributed by atoms with Crippen LogP contribution in [0.2, 0.25) is 0 Å². The molecule has 2 aliphatic rings. The second-order valence-electron chi connectivity index (χ2n) is 6.50. The van der Waals surface area contributed by atoms with Gasteiger partial charge in [0, 0.05) is 0 Å². The molecular formula is C13H24. The van der Waals surface area contributed by atoms with E-state index in [4.69, 9.17) is 0 Å². The third-order valence-electron chi connectivity index (χ3n) is 5.15. The third kappa shape index (κ3) is 1.10. The Hall–Kier alpha value is 0. The van der Waals surface area contributed by atoms with Crippen molar-refractivity contribution in [1.82, 2.24) is 0 Å². The van der Waals surface area contributed by atoms with Gasteiger partial charge in [0.25, 0.3) is 0 Å². The van der Waals surface area contributed by atoms with Crippen LogP contribution in [0.1, 0.15) is 53.9 Å². The predicted molar refractivity (Wildman–Crippen MR) is 57.6 cm³/mol. The summed E-state index contributed by atoms with van der Waals surface area (Å²) < 4.78 is 0. The fourth-order valence-corrected chi connectivity index (χ4v) is 4.98. The van der Waals surface area contributed by atoms with Crippen LogP contribution in [0.3, 0.4) is 0 Å². The van der Waals surface area contributed by atoms with E-state index in [1.54, 1.807) is 0 Å². The van der Waals surface area contributed by atoms with Crippen LogP contribution >= 0.6 is 0 Å². The lowest BCUT2D eigenvalue weighted by atomic mass is 9.62. The van der Waals surface area contributed by atoms with Crippen molar-refractivity contribution >= 4 is 0 Å². The molecule has 0 aliphatic heterocycles. The van der Waals surface area contributed by atoms with Crippen molar-refractivity contribution in [3.63, 3.8) is 0 Å². The Morgan fingerprint density at radius 1 is 1.23 bits per heavy atom. The zero-order valence-corrected chi connectivity index (χ0v) is 9.85. The highest BCUT2D eigenvalue weighted by atomic mass is 14.6. The van der Waals surface area contributed by atoms with Crippen LogP contribution in [0, 0.1) is 28.6 Å². The summed E-state index contributed by atoms with van der Waals surface area (Å²) in [5.74, 6) is 2.98. The Balaban J connectivity index is 2.29. The van der Waals surface area contributed by atoms with Gasteiger partial charge in [-0.2, -0.15) is 0 Å². The molecule has 0 amide bonds. The van der Waals surface area contributed by atoms with E-state index < -0.39 is 0 Å². The molecule has 0 heterocycles. The van der Waals surface area contributed by atoms with Gasteiger partial charge in [-0.1, -0.05) is 41.0 Å². The van der Waals surface area contributed by atoms with Crippen molar-refractivity contribution in [1.29, 1.82) is 0 Å². The van der Waals surface area contributed by atoms with Gasteiger partial charge in [0.05, 0.1) is 0 Å². The summed E-state index contributed by atoms with van der Waals surface area (Å²) >= 11 is 0. The summed E-state index contributed by atoms with van der Waals surface area (Å²) in [5.41, 5.74) is 1.31. The number of hydrogen-bond donors (Lipinski definition) is 0. The van der Waals surface area contributed by atoms with E-state index in [9.17, 15) is 0 Å². The minimum Gasteiger partial charge on any atom is -0.0651 e. The number of fused-ring (bicyclic) bond motifs is 2. The molecule has 76 valence electrons. The maximum absolute atomic E-state index is 2.53. The molecule has 0 aromatic rings. The van der Waals surface area contributed by atoms with Gasteiger partial charge in [-0.3, -0.25) is 0 Å². The second-order valence-corrected chi connectivity index (χ2v) is 6.50. The van der Waals surface area contributed by atoms with E-state index in [1.807, 2.05) is 0 Å². The van der Waals surface area contributed by atoms with Crippen LogP contribution in [-0.2, 0) is 0 Å². The molecule has 0 radical (unpaired) electrons. The largest absolute Gasteiger partial charge is 0.0651 e. The minimum absolute atomic E-state index is 0.625. The van der Waals surface area contributed by atoms with Gasteiger partial charge in [-0.15, -0.1) is 0 Å². The second kappa shape index (κ2) is 2.52. The van der Waals surface area contributed by atoms with Crippen LogP contribution in [0.25, 0.3) is 0 Å². The number of rotatable bonds is 1. The average Bonchev–Trinajstić information content (AvgIpc) is 2.34. The first kappa shape index (κ1) is 9.55. The van der Waals surface area contributed by atoms with Crippen molar-refractivity contribution in [2.45, 2.75) is 53.9 Å². The van der Waals surface area contributed by atoms with E-state index in [2.05, 4.69) is 34.6 Å². The van der Waals surface area contributed by atoms with Crippen molar-refractivity contribution in [2.75, 3.05) is 0 Å². The molecule has 0 saturated heterocycles. The van der Waals surface area contributed by atoms with E-state index in [-0.39, 0.29) is 0 Å². The lowest BCUT2D eigenvalue weighted by Gasteiger charge is -2.43. The monoisotopic (exact) mass is 180 g/mol. The van der Waals surface area contributed by atoms with Crippen molar-refractivity contribution in [3.8, 4) is 0 Å². The van der Waals surface area contributed by atoms with Crippen LogP contribution in [0.5, 0.6) is 0 Å². The molecule has 4 unspecified atom stereocenters. The molecule has 0 aromatic carbocycles. The van der Waals surface area contributed by atoms with Crippen molar-refractivity contribution in [3.05, 3.63) is 0 Å². The molecule has 2 aliphatic carbocycles. The zero-order valence-electron chi connectivity index (χ0n) is 9.85. The minimum atomic E-state index is 0.625. The molecule has 0 aromatic heterocycles. The molecule has 0 heteroatoms. The highest BCUT2D eigenvalue weighted by molar-refractivity contribution is 5.08. The molecule has 2 rings (SSSR count). The van der Waals surface area contributed by atoms with Gasteiger partial charge >= 0.3 is 0 Å². The maximum Gasteiger partial charge on any atom is -0.0287 e. The molecule has 0 spiro atoms. The summed E-state index contributed by atoms with van der Waals surface area (Å²) in [6.45, 7) is 12.4. The first-order valence-corrected chi connectivity index (χ1v) is 5.91. The maximum atomic E-state index is 2.53. The molecule has 2 saturated carbocycles. The van der Waals surface area contributed by atoms with Gasteiger partial charge in [-0.25, -0.2) is 0 Å². The zero-order chi connectivity index (χ0) is 9.85. The molecule has 13 heavy (non-hydrogen) atoms. The molecule has 0 N–H and O–H groups in total. The Morgan fingerprint density at radius 2 is 1.85 bits per heavy atom. The highest BCUT2D eigenvalue weighted by Gasteiger charge is 2.59. The molecule has 2 bridgehead atoms. The Morgan fingerprint density at radius 3 is 2.23 bits per heavy atom. The SMILES string of the molecule is CCC1C(C)C2CC1(C)CC2(C)C. The van der Waals surface area contributed by atoms with Crippen LogP contribution < -0.4 is 0 Å². The lowest BCUT2D eigenvalue weighted by molar-refractivity contribution is 0.0631. The lowest BCUT2D eigenvalue weighted by Crippen LogP contribution is -2.35. The molecule has 0 nitrogen and oxygen atoms in total. The summed E-state index contributed by atoms with van der Waals surface area (Å²) in [6.07, 6.45) is 4.36. The fourth-order valence-electron chi connectivity index (χ4n) is 4.98. The van der Waals surface area contributed by atoms with Crippen LogP contribution in [0.4, 0.5) is 0 Å². The van der Waals surface area contributed by atoms with Gasteiger partial charge < -0.3 is 0 Å². The smallest absolute Gasteiger partial charge is 0.0287 e. The van der Waals surface area contributed by atoms with E-state index in [1.165, 1.54) is 19.3 Å².